The summed E-state index contributed by atoms with van der Waals surface area (Å²) in [7, 11) is 0. The third kappa shape index (κ3) is 3.82. The molecular weight excluding hydrogens is 322 g/mol. The van der Waals surface area contributed by atoms with E-state index in [1.807, 2.05) is 17.9 Å². The highest BCUT2D eigenvalue weighted by molar-refractivity contribution is 5.73. The number of hydrogen-bond donors (Lipinski definition) is 1. The average molecular weight is 343 g/mol. The molecule has 0 radical (unpaired) electrons. The summed E-state index contributed by atoms with van der Waals surface area (Å²) in [5, 5.41) is 14.6. The van der Waals surface area contributed by atoms with Crippen LogP contribution in [0.15, 0.2) is 24.7 Å². The van der Waals surface area contributed by atoms with Gasteiger partial charge in [-0.25, -0.2) is 15.0 Å². The Morgan fingerprint density at radius 1 is 1.20 bits per heavy atom. The van der Waals surface area contributed by atoms with Gasteiger partial charge in [-0.3, -0.25) is 10.1 Å². The Morgan fingerprint density at radius 3 is 2.56 bits per heavy atom. The van der Waals surface area contributed by atoms with Gasteiger partial charge in [-0.1, -0.05) is 13.0 Å². The molecule has 1 aliphatic rings. The average Bonchev–Trinajstić information content (AvgIpc) is 2.63. The van der Waals surface area contributed by atoms with Gasteiger partial charge in [0.25, 0.3) is 0 Å². The van der Waals surface area contributed by atoms with Gasteiger partial charge in [0, 0.05) is 32.4 Å². The van der Waals surface area contributed by atoms with Gasteiger partial charge in [-0.2, -0.15) is 0 Å². The molecule has 0 atom stereocenters. The zero-order valence-electron chi connectivity index (χ0n) is 14.3. The van der Waals surface area contributed by atoms with Gasteiger partial charge in [-0.05, 0) is 25.1 Å². The van der Waals surface area contributed by atoms with Crippen molar-refractivity contribution in [2.75, 3.05) is 42.9 Å². The predicted molar refractivity (Wildman–Crippen MR) is 95.3 cm³/mol. The Morgan fingerprint density at radius 2 is 1.96 bits per heavy atom. The minimum atomic E-state index is -0.432. The third-order valence-corrected chi connectivity index (χ3v) is 4.26. The number of hydrogen-bond acceptors (Lipinski definition) is 8. The Bertz CT molecular complexity index is 743. The van der Waals surface area contributed by atoms with E-state index in [1.165, 1.54) is 6.33 Å². The van der Waals surface area contributed by atoms with Gasteiger partial charge >= 0.3 is 5.69 Å². The van der Waals surface area contributed by atoms with Crippen LogP contribution in [-0.2, 0) is 0 Å². The molecule has 132 valence electrons. The third-order valence-electron chi connectivity index (χ3n) is 4.26. The molecule has 0 bridgehead atoms. The van der Waals surface area contributed by atoms with Crippen molar-refractivity contribution >= 4 is 23.1 Å². The lowest BCUT2D eigenvalue weighted by Gasteiger charge is -2.34. The van der Waals surface area contributed by atoms with Crippen LogP contribution in [0.1, 0.15) is 12.5 Å². The summed E-state index contributed by atoms with van der Waals surface area (Å²) in [5.41, 5.74) is 0.895. The summed E-state index contributed by atoms with van der Waals surface area (Å²) in [6.45, 7) is 8.14. The van der Waals surface area contributed by atoms with E-state index in [-0.39, 0.29) is 11.5 Å². The molecule has 0 saturated carbocycles. The monoisotopic (exact) mass is 343 g/mol. The summed E-state index contributed by atoms with van der Waals surface area (Å²) in [5.74, 6) is 1.02. The second-order valence-corrected chi connectivity index (χ2v) is 5.92. The fraction of sp³-hybridized carbons (Fsp3) is 0.438. The van der Waals surface area contributed by atoms with E-state index in [2.05, 4.69) is 32.1 Å². The van der Waals surface area contributed by atoms with Gasteiger partial charge in [0.2, 0.25) is 11.6 Å². The molecule has 3 rings (SSSR count). The van der Waals surface area contributed by atoms with Crippen molar-refractivity contribution in [1.82, 2.24) is 19.9 Å². The number of pyridine rings is 1. The van der Waals surface area contributed by atoms with Crippen molar-refractivity contribution in [1.29, 1.82) is 0 Å². The molecule has 9 heteroatoms. The maximum Gasteiger partial charge on any atom is 0.353 e. The van der Waals surface area contributed by atoms with Crippen LogP contribution in [0, 0.1) is 17.0 Å². The standard InChI is InChI=1S/C16H21N7O2/c1-3-21-6-8-22(9-7-21)16-14(23(24)25)15(18-11-19-16)20-13-5-4-12(2)10-17-13/h4-5,10-11H,3,6-9H2,1-2H3,(H,17,18,19,20). The van der Waals surface area contributed by atoms with Crippen molar-refractivity contribution in [2.45, 2.75) is 13.8 Å². The number of nitro groups is 1. The summed E-state index contributed by atoms with van der Waals surface area (Å²) < 4.78 is 0. The molecule has 0 aromatic carbocycles. The van der Waals surface area contributed by atoms with E-state index in [0.717, 1.165) is 25.2 Å². The minimum absolute atomic E-state index is 0.116. The van der Waals surface area contributed by atoms with Crippen LogP contribution in [0.5, 0.6) is 0 Å². The van der Waals surface area contributed by atoms with Crippen molar-refractivity contribution in [3.8, 4) is 0 Å². The van der Waals surface area contributed by atoms with Gasteiger partial charge in [0.1, 0.15) is 12.1 Å². The van der Waals surface area contributed by atoms with Crippen LogP contribution in [0.2, 0.25) is 0 Å². The number of aryl methyl sites for hydroxylation is 1. The number of rotatable bonds is 5. The molecule has 0 aliphatic carbocycles. The van der Waals surface area contributed by atoms with Gasteiger partial charge in [0.15, 0.2) is 0 Å². The maximum absolute atomic E-state index is 11.7. The zero-order chi connectivity index (χ0) is 17.8. The quantitative estimate of drug-likeness (QED) is 0.650. The predicted octanol–water partition coefficient (Wildman–Crippen LogP) is 1.97. The van der Waals surface area contributed by atoms with E-state index in [4.69, 9.17) is 0 Å². The number of piperazine rings is 1. The molecule has 0 amide bonds. The fourth-order valence-electron chi connectivity index (χ4n) is 2.80. The summed E-state index contributed by atoms with van der Waals surface area (Å²) in [6, 6.07) is 3.65. The maximum atomic E-state index is 11.7. The van der Waals surface area contributed by atoms with Crippen LogP contribution in [0.4, 0.5) is 23.1 Å². The lowest BCUT2D eigenvalue weighted by atomic mass is 10.3. The Labute approximate surface area is 145 Å². The molecule has 0 unspecified atom stereocenters. The van der Waals surface area contributed by atoms with Crippen LogP contribution in [0.25, 0.3) is 0 Å². The normalized spacial score (nSPS) is 15.2. The zero-order valence-corrected chi connectivity index (χ0v) is 14.3. The van der Waals surface area contributed by atoms with E-state index >= 15 is 0 Å². The van der Waals surface area contributed by atoms with Crippen molar-refractivity contribution < 1.29 is 4.92 Å². The molecule has 25 heavy (non-hydrogen) atoms. The largest absolute Gasteiger partial charge is 0.353 e. The molecule has 1 aliphatic heterocycles. The van der Waals surface area contributed by atoms with Crippen molar-refractivity contribution in [3.05, 3.63) is 40.3 Å². The fourth-order valence-corrected chi connectivity index (χ4v) is 2.80. The highest BCUT2D eigenvalue weighted by Crippen LogP contribution is 2.33. The highest BCUT2D eigenvalue weighted by atomic mass is 16.6. The smallest absolute Gasteiger partial charge is 0.348 e. The lowest BCUT2D eigenvalue weighted by molar-refractivity contribution is -0.383. The first kappa shape index (κ1) is 17.0. The Balaban J connectivity index is 1.89. The molecule has 1 fully saturated rings. The van der Waals surface area contributed by atoms with Gasteiger partial charge < -0.3 is 15.1 Å². The molecule has 1 N–H and O–H groups in total. The molecule has 3 heterocycles. The topological polar surface area (TPSA) is 100 Å². The number of anilines is 3. The van der Waals surface area contributed by atoms with Crippen molar-refractivity contribution in [2.24, 2.45) is 0 Å². The van der Waals surface area contributed by atoms with Crippen LogP contribution >= 0.6 is 0 Å². The first-order chi connectivity index (χ1) is 12.1. The van der Waals surface area contributed by atoms with Gasteiger partial charge in [-0.15, -0.1) is 0 Å². The Hall–Kier alpha value is -2.81. The van der Waals surface area contributed by atoms with E-state index in [9.17, 15) is 10.1 Å². The van der Waals surface area contributed by atoms with E-state index < -0.39 is 4.92 Å². The van der Waals surface area contributed by atoms with Crippen LogP contribution < -0.4 is 10.2 Å². The van der Waals surface area contributed by atoms with Gasteiger partial charge in [0.05, 0.1) is 4.92 Å². The molecule has 2 aromatic heterocycles. The minimum Gasteiger partial charge on any atom is -0.348 e. The second-order valence-electron chi connectivity index (χ2n) is 5.92. The van der Waals surface area contributed by atoms with E-state index in [1.54, 1.807) is 12.3 Å². The number of nitrogens with zero attached hydrogens (tertiary/aromatic N) is 6. The number of likely N-dealkylation sites (N-methyl/N-ethyl adjacent to an activating group) is 1. The molecule has 1 saturated heterocycles. The van der Waals surface area contributed by atoms with E-state index in [0.29, 0.717) is 24.7 Å². The van der Waals surface area contributed by atoms with Crippen LogP contribution in [0.3, 0.4) is 0 Å². The first-order valence-electron chi connectivity index (χ1n) is 8.25. The SMILES string of the molecule is CCN1CCN(c2ncnc(Nc3ccc(C)cn3)c2[N+](=O)[O-])CC1. The van der Waals surface area contributed by atoms with Crippen molar-refractivity contribution in [3.63, 3.8) is 0 Å². The summed E-state index contributed by atoms with van der Waals surface area (Å²) in [6.07, 6.45) is 3.05. The number of nitrogens with one attached hydrogen (secondary N) is 1. The summed E-state index contributed by atoms with van der Waals surface area (Å²) in [4.78, 5) is 28.0. The highest BCUT2D eigenvalue weighted by Gasteiger charge is 2.29. The molecule has 9 nitrogen and oxygen atoms in total. The number of aromatic nitrogens is 3. The first-order valence-corrected chi connectivity index (χ1v) is 8.25. The molecule has 2 aromatic rings. The second kappa shape index (κ2) is 7.39. The molecule has 0 spiro atoms. The summed E-state index contributed by atoms with van der Waals surface area (Å²) >= 11 is 0. The van der Waals surface area contributed by atoms with Crippen LogP contribution in [-0.4, -0.2) is 57.5 Å². The Kier molecular flexibility index (Phi) is 5.03. The molecular formula is C16H21N7O2. The lowest BCUT2D eigenvalue weighted by Crippen LogP contribution is -2.46.